The van der Waals surface area contributed by atoms with Crippen molar-refractivity contribution in [3.8, 4) is 15.4 Å². The van der Waals surface area contributed by atoms with Crippen molar-refractivity contribution in [3.05, 3.63) is 98.5 Å². The number of aliphatic imine (C=N–C) groups is 1. The Kier molecular flexibility index (Phi) is 12.8. The minimum absolute atomic E-state index is 0.00963. The molecule has 6 atom stereocenters. The van der Waals surface area contributed by atoms with E-state index < -0.39 is 47.4 Å². The number of carboxylic acid groups (broad SMARTS) is 1. The number of amides is 3. The SMILES string of the molecule is Cc1ncsc1-c1ccc(C(C)NC(=O)[C@@H]2C[C@@H](O)CN2C(=O)C(NC(=O)C2CCCN(c3ccc(C4=N[C@@H](CC(=O)O)c5nnc(C)n5-c5sc(C)c(C)c54)cc3)C2)C(C)(C)C)cc1. The quantitative estimate of drug-likeness (QED) is 0.112. The highest BCUT2D eigenvalue weighted by atomic mass is 32.1. The summed E-state index contributed by atoms with van der Waals surface area (Å²) in [5.74, 6) is -1.21. The number of aryl methyl sites for hydroxylation is 3. The molecule has 0 saturated carbocycles. The lowest BCUT2D eigenvalue weighted by molar-refractivity contribution is -0.144. The molecule has 0 spiro atoms. The lowest BCUT2D eigenvalue weighted by Crippen LogP contribution is -2.59. The van der Waals surface area contributed by atoms with E-state index in [0.717, 1.165) is 66.9 Å². The van der Waals surface area contributed by atoms with Crippen molar-refractivity contribution in [2.45, 2.75) is 111 Å². The minimum Gasteiger partial charge on any atom is -0.481 e. The fraction of sp³-hybridized carbons (Fsp3) is 0.458. The van der Waals surface area contributed by atoms with Crippen LogP contribution in [0, 0.1) is 39.0 Å². The van der Waals surface area contributed by atoms with Crippen molar-refractivity contribution < 1.29 is 29.4 Å². The second-order valence-corrected chi connectivity index (χ2v) is 20.7. The number of nitrogens with one attached hydrogen (secondary N) is 2. The Morgan fingerprint density at radius 1 is 0.923 bits per heavy atom. The van der Waals surface area contributed by atoms with E-state index in [2.05, 4.69) is 44.6 Å². The number of thiophene rings is 1. The van der Waals surface area contributed by atoms with Gasteiger partial charge in [-0.3, -0.25) is 28.7 Å². The summed E-state index contributed by atoms with van der Waals surface area (Å²) in [7, 11) is 0. The summed E-state index contributed by atoms with van der Waals surface area (Å²) in [6.07, 6.45) is 0.395. The van der Waals surface area contributed by atoms with Gasteiger partial charge in [-0.25, -0.2) is 4.98 Å². The number of carbonyl (C=O) groups excluding carboxylic acids is 3. The fourth-order valence-corrected chi connectivity index (χ4v) is 11.2. The molecule has 6 heterocycles. The predicted octanol–water partition coefficient (Wildman–Crippen LogP) is 6.64. The highest BCUT2D eigenvalue weighted by Crippen LogP contribution is 2.40. The first kappa shape index (κ1) is 45.8. The van der Waals surface area contributed by atoms with Crippen molar-refractivity contribution in [1.29, 1.82) is 0 Å². The number of aliphatic hydroxyl groups is 1. The van der Waals surface area contributed by atoms with Gasteiger partial charge < -0.3 is 30.6 Å². The van der Waals surface area contributed by atoms with Crippen molar-refractivity contribution in [1.82, 2.24) is 35.3 Å². The van der Waals surface area contributed by atoms with Gasteiger partial charge in [-0.05, 0) is 81.7 Å². The van der Waals surface area contributed by atoms with Crippen LogP contribution >= 0.6 is 22.7 Å². The molecule has 4 N–H and O–H groups in total. The lowest BCUT2D eigenvalue weighted by atomic mass is 9.84. The van der Waals surface area contributed by atoms with Gasteiger partial charge in [0.05, 0.1) is 46.3 Å². The molecule has 342 valence electrons. The van der Waals surface area contributed by atoms with Crippen molar-refractivity contribution >= 4 is 57.8 Å². The Labute approximate surface area is 387 Å². The van der Waals surface area contributed by atoms with Crippen LogP contribution in [0.15, 0.2) is 59.0 Å². The molecule has 8 rings (SSSR count). The standard InChI is InChI=1S/C48H57N9O6S2/c1-25-28(4)65-47-39(25)40(51-36(21-38(59)60)43-54-53-29(5)57(43)47)31-15-17-34(18-16-31)55-19-9-10-33(22-55)44(61)52-42(48(6,7)8)46(63)56-23-35(58)20-37(56)45(62)50-26(2)30-11-13-32(14-12-30)41-27(3)49-24-64-41/h11-18,24,26,33,35-37,42,58H,9-10,19-23H2,1-8H3,(H,50,62)(H,52,61)(H,59,60)/t26?,33?,35-,36+,37+,42?/m1/s1. The van der Waals surface area contributed by atoms with Crippen LogP contribution in [0.2, 0.25) is 0 Å². The number of hydrogen-bond acceptors (Lipinski definition) is 12. The number of rotatable bonds is 11. The molecule has 0 bridgehead atoms. The molecular weight excluding hydrogens is 863 g/mol. The topological polar surface area (TPSA) is 195 Å². The first-order chi connectivity index (χ1) is 30.9. The average Bonchev–Trinajstić information content (AvgIpc) is 4.04. The smallest absolute Gasteiger partial charge is 0.306 e. The lowest BCUT2D eigenvalue weighted by Gasteiger charge is -2.38. The van der Waals surface area contributed by atoms with Crippen LogP contribution in [0.4, 0.5) is 5.69 Å². The van der Waals surface area contributed by atoms with Gasteiger partial charge in [0.25, 0.3) is 0 Å². The summed E-state index contributed by atoms with van der Waals surface area (Å²) < 4.78 is 1.94. The third-order valence-corrected chi connectivity index (χ3v) is 15.1. The highest BCUT2D eigenvalue weighted by molar-refractivity contribution is 7.15. The number of hydrogen-bond donors (Lipinski definition) is 4. The Hall–Kier alpha value is -5.78. The fourth-order valence-electron chi connectivity index (χ4n) is 9.22. The molecular formula is C48H57N9O6S2. The number of fused-ring (bicyclic) bond motifs is 3. The van der Waals surface area contributed by atoms with E-state index in [-0.39, 0.29) is 37.2 Å². The largest absolute Gasteiger partial charge is 0.481 e. The highest BCUT2D eigenvalue weighted by Gasteiger charge is 2.45. The number of piperidine rings is 1. The number of carboxylic acids is 1. The maximum atomic E-state index is 14.5. The molecule has 0 radical (unpaired) electrons. The van der Waals surface area contributed by atoms with Crippen LogP contribution in [0.25, 0.3) is 15.4 Å². The monoisotopic (exact) mass is 919 g/mol. The van der Waals surface area contributed by atoms with Gasteiger partial charge in [-0.2, -0.15) is 0 Å². The summed E-state index contributed by atoms with van der Waals surface area (Å²) in [4.78, 5) is 69.8. The molecule has 2 fully saturated rings. The molecule has 2 saturated heterocycles. The van der Waals surface area contributed by atoms with Gasteiger partial charge >= 0.3 is 5.97 Å². The van der Waals surface area contributed by atoms with E-state index in [1.807, 2.05) is 100 Å². The van der Waals surface area contributed by atoms with E-state index in [4.69, 9.17) is 4.99 Å². The van der Waals surface area contributed by atoms with E-state index in [1.165, 1.54) is 4.90 Å². The van der Waals surface area contributed by atoms with Gasteiger partial charge in [0.2, 0.25) is 17.7 Å². The van der Waals surface area contributed by atoms with Crippen LogP contribution in [-0.4, -0.2) is 102 Å². The number of β-amino-alcohol motifs (C(OH)–C–C–N with tert-alkyl or cyclic N) is 1. The van der Waals surface area contributed by atoms with Crippen LogP contribution in [-0.2, 0) is 19.2 Å². The molecule has 3 aromatic heterocycles. The van der Waals surface area contributed by atoms with E-state index in [1.54, 1.807) is 22.7 Å². The number of anilines is 1. The maximum Gasteiger partial charge on any atom is 0.306 e. The predicted molar refractivity (Wildman–Crippen MR) is 252 cm³/mol. The average molecular weight is 920 g/mol. The molecule has 17 heteroatoms. The van der Waals surface area contributed by atoms with Crippen molar-refractivity contribution in [2.24, 2.45) is 16.3 Å². The molecule has 3 aliphatic rings. The molecule has 65 heavy (non-hydrogen) atoms. The van der Waals surface area contributed by atoms with Gasteiger partial charge in [-0.1, -0.05) is 57.2 Å². The number of thiazole rings is 1. The second kappa shape index (κ2) is 18.2. The number of aliphatic hydroxyl groups excluding tert-OH is 1. The number of likely N-dealkylation sites (tertiary alicyclic amines) is 1. The molecule has 3 unspecified atom stereocenters. The summed E-state index contributed by atoms with van der Waals surface area (Å²) in [5, 5.41) is 36.4. The van der Waals surface area contributed by atoms with Gasteiger partial charge in [0, 0.05) is 47.7 Å². The van der Waals surface area contributed by atoms with Crippen LogP contribution in [0.3, 0.4) is 0 Å². The first-order valence-corrected chi connectivity index (χ1v) is 23.9. The molecule has 3 aliphatic heterocycles. The Morgan fingerprint density at radius 3 is 2.29 bits per heavy atom. The maximum absolute atomic E-state index is 14.5. The van der Waals surface area contributed by atoms with Crippen molar-refractivity contribution in [3.63, 3.8) is 0 Å². The number of benzene rings is 2. The normalized spacial score (nSPS) is 20.6. The molecule has 15 nitrogen and oxygen atoms in total. The number of aliphatic carboxylic acids is 1. The van der Waals surface area contributed by atoms with Gasteiger partial charge in [0.1, 0.15) is 29.0 Å². The van der Waals surface area contributed by atoms with E-state index in [0.29, 0.717) is 30.3 Å². The second-order valence-electron chi connectivity index (χ2n) is 18.7. The minimum atomic E-state index is -0.978. The molecule has 5 aromatic rings. The van der Waals surface area contributed by atoms with Gasteiger partial charge in [-0.15, -0.1) is 32.9 Å². The van der Waals surface area contributed by atoms with Crippen molar-refractivity contribution in [2.75, 3.05) is 24.5 Å². The summed E-state index contributed by atoms with van der Waals surface area (Å²) in [6.45, 7) is 16.7. The van der Waals surface area contributed by atoms with E-state index >= 15 is 0 Å². The number of nitrogens with zero attached hydrogens (tertiary/aromatic N) is 7. The van der Waals surface area contributed by atoms with Gasteiger partial charge in [0.15, 0.2) is 5.82 Å². The zero-order valence-corrected chi connectivity index (χ0v) is 39.7. The van der Waals surface area contributed by atoms with E-state index in [9.17, 15) is 29.4 Å². The van der Waals surface area contributed by atoms with Crippen LogP contribution in [0.1, 0.15) is 110 Å². The summed E-state index contributed by atoms with van der Waals surface area (Å²) in [5.41, 5.74) is 8.51. The number of carbonyl (C=O) groups is 4. The molecule has 3 amide bonds. The Morgan fingerprint density at radius 2 is 1.63 bits per heavy atom. The zero-order valence-electron chi connectivity index (χ0n) is 38.1. The first-order valence-electron chi connectivity index (χ1n) is 22.2. The Bertz CT molecular complexity index is 2640. The molecule has 0 aliphatic carbocycles. The van der Waals surface area contributed by atoms with Crippen LogP contribution in [0.5, 0.6) is 0 Å². The zero-order chi connectivity index (χ0) is 46.5. The summed E-state index contributed by atoms with van der Waals surface area (Å²) in [6, 6.07) is 13.1. The molecule has 2 aromatic carbocycles. The number of aromatic nitrogens is 4. The third kappa shape index (κ3) is 9.23. The summed E-state index contributed by atoms with van der Waals surface area (Å²) >= 11 is 3.19. The van der Waals surface area contributed by atoms with Crippen LogP contribution < -0.4 is 15.5 Å². The Balaban J connectivity index is 0.951. The third-order valence-electron chi connectivity index (χ3n) is 12.9.